The number of rotatable bonds is 10. The van der Waals surface area contributed by atoms with Crippen molar-refractivity contribution in [1.82, 2.24) is 29.5 Å². The number of aromatic nitrogens is 3. The number of pyridine rings is 1. The second-order valence-corrected chi connectivity index (χ2v) is 14.1. The predicted molar refractivity (Wildman–Crippen MR) is 146 cm³/mol. The minimum atomic E-state index is -3.70. The van der Waals surface area contributed by atoms with Gasteiger partial charge in [-0.05, 0) is 51.4 Å². The van der Waals surface area contributed by atoms with E-state index in [1.54, 1.807) is 25.1 Å². The number of aryl methyl sites for hydroxylation is 1. The largest absolute Gasteiger partial charge is 0.491 e. The Bertz CT molecular complexity index is 1570. The smallest absolute Gasteiger partial charge is 0.244 e. The van der Waals surface area contributed by atoms with Crippen LogP contribution in [0.4, 0.5) is 0 Å². The number of piperidine rings is 1. The lowest BCUT2D eigenvalue weighted by Crippen LogP contribution is -2.47. The van der Waals surface area contributed by atoms with Gasteiger partial charge >= 0.3 is 0 Å². The van der Waals surface area contributed by atoms with Crippen LogP contribution in [0, 0.1) is 6.92 Å². The molecule has 2 saturated heterocycles. The van der Waals surface area contributed by atoms with Crippen LogP contribution < -0.4 is 14.8 Å². The summed E-state index contributed by atoms with van der Waals surface area (Å²) in [5.41, 5.74) is 0.840. The summed E-state index contributed by atoms with van der Waals surface area (Å²) in [7, 11) is -5.95. The van der Waals surface area contributed by atoms with Gasteiger partial charge < -0.3 is 19.9 Å². The van der Waals surface area contributed by atoms with Crippen molar-refractivity contribution in [3.63, 3.8) is 0 Å². The highest BCUT2D eigenvalue weighted by molar-refractivity contribution is 7.89. The summed E-state index contributed by atoms with van der Waals surface area (Å²) in [4.78, 5) is 4.45. The standard InChI is InChI=1S/C25H34N6O7S2/c1-17-23-11-22(14-28-24(23)30-29-17)40(35,36)31-8-6-25(7-9-31)12-18(15-38-25)27-13-19(32)16-37-20-4-3-5-21(10-20)39(33,34)26-2/h3-5,10-11,14,18-19,26-27,32H,6-9,12-13,15-16H2,1-2H3,(H,28,29,30)/t18?,19-/m0/s1. The number of aromatic amines is 1. The molecular weight excluding hydrogens is 560 g/mol. The fraction of sp³-hybridized carbons (Fsp3) is 0.520. The molecule has 2 aliphatic rings. The van der Waals surface area contributed by atoms with Gasteiger partial charge in [-0.25, -0.2) is 26.5 Å². The van der Waals surface area contributed by atoms with Gasteiger partial charge in [-0.15, -0.1) is 0 Å². The summed E-state index contributed by atoms with van der Waals surface area (Å²) in [5, 5.41) is 21.3. The Labute approximate surface area is 233 Å². The number of nitrogens with zero attached hydrogens (tertiary/aromatic N) is 3. The van der Waals surface area contributed by atoms with Crippen LogP contribution >= 0.6 is 0 Å². The number of nitrogens with one attached hydrogen (secondary N) is 3. The fourth-order valence-electron chi connectivity index (χ4n) is 5.16. The summed E-state index contributed by atoms with van der Waals surface area (Å²) in [6.07, 6.45) is 2.39. The molecule has 0 radical (unpaired) electrons. The molecule has 1 unspecified atom stereocenters. The molecule has 2 aliphatic heterocycles. The zero-order valence-electron chi connectivity index (χ0n) is 22.3. The highest BCUT2D eigenvalue weighted by atomic mass is 32.2. The molecule has 4 N–H and O–H groups in total. The van der Waals surface area contributed by atoms with Gasteiger partial charge in [-0.3, -0.25) is 5.10 Å². The molecule has 15 heteroatoms. The minimum absolute atomic E-state index is 0.0116. The van der Waals surface area contributed by atoms with E-state index in [0.717, 1.165) is 0 Å². The first-order valence-corrected chi connectivity index (χ1v) is 16.0. The Morgan fingerprint density at radius 3 is 2.75 bits per heavy atom. The molecule has 2 fully saturated rings. The Morgan fingerprint density at radius 2 is 2.00 bits per heavy atom. The topological polar surface area (TPSA) is 176 Å². The molecule has 4 heterocycles. The monoisotopic (exact) mass is 594 g/mol. The first kappa shape index (κ1) is 28.9. The van der Waals surface area contributed by atoms with Gasteiger partial charge in [0, 0.05) is 43.3 Å². The van der Waals surface area contributed by atoms with Gasteiger partial charge in [0.05, 0.1) is 22.8 Å². The van der Waals surface area contributed by atoms with E-state index in [-0.39, 0.29) is 29.0 Å². The van der Waals surface area contributed by atoms with Gasteiger partial charge in [0.25, 0.3) is 0 Å². The Hall–Kier alpha value is -2.66. The molecule has 0 bridgehead atoms. The average Bonchev–Trinajstić information content (AvgIpc) is 3.53. The summed E-state index contributed by atoms with van der Waals surface area (Å²) in [5.74, 6) is 0.343. The SMILES string of the molecule is CNS(=O)(=O)c1cccc(OC[C@@H](O)CNC2COC3(CCN(S(=O)(=O)c4cnc5[nH]nc(C)c5c4)CC3)C2)c1. The number of hydrogen-bond donors (Lipinski definition) is 4. The first-order valence-electron chi connectivity index (χ1n) is 13.0. The lowest BCUT2D eigenvalue weighted by Gasteiger charge is -2.38. The van der Waals surface area contributed by atoms with Crippen LogP contribution in [0.25, 0.3) is 11.0 Å². The second-order valence-electron chi connectivity index (χ2n) is 10.2. The number of fused-ring (bicyclic) bond motifs is 1. The minimum Gasteiger partial charge on any atom is -0.491 e. The molecule has 1 aromatic carbocycles. The van der Waals surface area contributed by atoms with Crippen molar-refractivity contribution in [3.8, 4) is 5.75 Å². The van der Waals surface area contributed by atoms with E-state index in [1.807, 2.05) is 0 Å². The second kappa shape index (κ2) is 11.3. The van der Waals surface area contributed by atoms with E-state index in [0.29, 0.717) is 61.4 Å². The maximum absolute atomic E-state index is 13.3. The first-order chi connectivity index (χ1) is 19.0. The van der Waals surface area contributed by atoms with E-state index in [9.17, 15) is 21.9 Å². The van der Waals surface area contributed by atoms with E-state index < -0.39 is 31.8 Å². The van der Waals surface area contributed by atoms with Crippen molar-refractivity contribution in [1.29, 1.82) is 0 Å². The molecule has 13 nitrogen and oxygen atoms in total. The number of H-pyrrole nitrogens is 1. The van der Waals surface area contributed by atoms with Gasteiger partial charge in [0.1, 0.15) is 23.4 Å². The number of benzene rings is 1. The Balaban J connectivity index is 1.09. The number of hydrogen-bond acceptors (Lipinski definition) is 10. The summed E-state index contributed by atoms with van der Waals surface area (Å²) in [6.45, 7) is 3.20. The molecular formula is C25H34N6O7S2. The normalized spacial score (nSPS) is 20.7. The van der Waals surface area contributed by atoms with Crippen molar-refractivity contribution in [2.75, 3.05) is 39.9 Å². The zero-order chi connectivity index (χ0) is 28.5. The number of ether oxygens (including phenoxy) is 2. The molecule has 5 rings (SSSR count). The van der Waals surface area contributed by atoms with Gasteiger partial charge in [0.2, 0.25) is 20.0 Å². The fourth-order valence-corrected chi connectivity index (χ4v) is 7.34. The Morgan fingerprint density at radius 1 is 1.23 bits per heavy atom. The van der Waals surface area contributed by atoms with Crippen LogP contribution in [0.15, 0.2) is 46.3 Å². The maximum atomic E-state index is 13.3. The van der Waals surface area contributed by atoms with Crippen LogP contribution in [-0.4, -0.2) is 99.1 Å². The van der Waals surface area contributed by atoms with Crippen molar-refractivity contribution in [2.24, 2.45) is 0 Å². The van der Waals surface area contributed by atoms with Gasteiger partial charge in [0.15, 0.2) is 5.65 Å². The molecule has 3 aromatic rings. The van der Waals surface area contributed by atoms with Crippen molar-refractivity contribution < 1.29 is 31.4 Å². The van der Waals surface area contributed by atoms with Crippen molar-refractivity contribution >= 4 is 31.1 Å². The maximum Gasteiger partial charge on any atom is 0.244 e. The lowest BCUT2D eigenvalue weighted by molar-refractivity contribution is -0.0312. The third-order valence-electron chi connectivity index (χ3n) is 7.53. The summed E-state index contributed by atoms with van der Waals surface area (Å²) < 4.78 is 66.0. The van der Waals surface area contributed by atoms with E-state index in [2.05, 4.69) is 25.2 Å². The zero-order valence-corrected chi connectivity index (χ0v) is 24.0. The molecule has 0 aliphatic carbocycles. The molecule has 40 heavy (non-hydrogen) atoms. The number of aliphatic hydroxyl groups excluding tert-OH is 1. The molecule has 0 saturated carbocycles. The molecule has 0 amide bonds. The van der Waals surface area contributed by atoms with Crippen LogP contribution in [0.2, 0.25) is 0 Å². The third kappa shape index (κ3) is 6.00. The third-order valence-corrected chi connectivity index (χ3v) is 10.8. The van der Waals surface area contributed by atoms with Gasteiger partial charge in [-0.1, -0.05) is 6.07 Å². The van der Waals surface area contributed by atoms with Crippen LogP contribution in [0.5, 0.6) is 5.75 Å². The number of aliphatic hydroxyl groups is 1. The summed E-state index contributed by atoms with van der Waals surface area (Å²) >= 11 is 0. The van der Waals surface area contributed by atoms with Crippen molar-refractivity contribution in [3.05, 3.63) is 42.2 Å². The highest BCUT2D eigenvalue weighted by Gasteiger charge is 2.44. The van der Waals surface area contributed by atoms with Crippen molar-refractivity contribution in [2.45, 2.75) is 53.7 Å². The number of sulfonamides is 2. The van der Waals surface area contributed by atoms with Crippen LogP contribution in [0.1, 0.15) is 25.0 Å². The highest BCUT2D eigenvalue weighted by Crippen LogP contribution is 2.37. The van der Waals surface area contributed by atoms with E-state index in [4.69, 9.17) is 9.47 Å². The quantitative estimate of drug-likeness (QED) is 0.259. The Kier molecular flexibility index (Phi) is 8.16. The molecule has 1 spiro atoms. The molecule has 2 atom stereocenters. The average molecular weight is 595 g/mol. The predicted octanol–water partition coefficient (Wildman–Crippen LogP) is 0.516. The lowest BCUT2D eigenvalue weighted by atomic mass is 9.88. The van der Waals surface area contributed by atoms with Crippen LogP contribution in [0.3, 0.4) is 0 Å². The van der Waals surface area contributed by atoms with E-state index in [1.165, 1.54) is 29.7 Å². The molecule has 218 valence electrons. The van der Waals surface area contributed by atoms with E-state index >= 15 is 0 Å². The summed E-state index contributed by atoms with van der Waals surface area (Å²) in [6, 6.07) is 7.70. The van der Waals surface area contributed by atoms with Crippen LogP contribution in [-0.2, 0) is 24.8 Å². The van der Waals surface area contributed by atoms with Gasteiger partial charge in [-0.2, -0.15) is 9.40 Å². The molecule has 2 aromatic heterocycles.